The summed E-state index contributed by atoms with van der Waals surface area (Å²) in [6.45, 7) is 4.28. The number of hydrogen-bond acceptors (Lipinski definition) is 6. The third-order valence-electron chi connectivity index (χ3n) is 5.40. The minimum Gasteiger partial charge on any atom is -0.456 e. The van der Waals surface area contributed by atoms with Crippen molar-refractivity contribution in [1.29, 1.82) is 0 Å². The summed E-state index contributed by atoms with van der Waals surface area (Å²) in [5.41, 5.74) is 7.02. The SMILES string of the molecule is Cc1ccc(C(=O)N2CCN(CC(=O)Nc3sc4c(c3C(N)=O)CCC4)CC2)o1. The van der Waals surface area contributed by atoms with E-state index in [-0.39, 0.29) is 18.4 Å². The van der Waals surface area contributed by atoms with Gasteiger partial charge in [0.2, 0.25) is 5.91 Å². The van der Waals surface area contributed by atoms with E-state index in [2.05, 4.69) is 5.32 Å². The number of furan rings is 1. The van der Waals surface area contributed by atoms with Crippen molar-refractivity contribution in [3.8, 4) is 0 Å². The van der Waals surface area contributed by atoms with Gasteiger partial charge in [-0.1, -0.05) is 0 Å². The lowest BCUT2D eigenvalue weighted by Gasteiger charge is -2.33. The van der Waals surface area contributed by atoms with Crippen molar-refractivity contribution in [3.63, 3.8) is 0 Å². The molecular formula is C20H24N4O4S. The number of anilines is 1. The summed E-state index contributed by atoms with van der Waals surface area (Å²) in [6.07, 6.45) is 2.79. The fraction of sp³-hybridized carbons (Fsp3) is 0.450. The van der Waals surface area contributed by atoms with Crippen LogP contribution in [0.4, 0.5) is 5.00 Å². The van der Waals surface area contributed by atoms with Gasteiger partial charge in [0.15, 0.2) is 5.76 Å². The average molecular weight is 417 g/mol. The molecular weight excluding hydrogens is 392 g/mol. The van der Waals surface area contributed by atoms with Crippen LogP contribution in [-0.2, 0) is 17.6 Å². The van der Waals surface area contributed by atoms with Gasteiger partial charge in [-0.2, -0.15) is 0 Å². The Morgan fingerprint density at radius 3 is 2.59 bits per heavy atom. The smallest absolute Gasteiger partial charge is 0.289 e. The van der Waals surface area contributed by atoms with Gasteiger partial charge < -0.3 is 20.4 Å². The van der Waals surface area contributed by atoms with Crippen molar-refractivity contribution in [2.24, 2.45) is 5.73 Å². The molecule has 0 atom stereocenters. The standard InChI is InChI=1S/C20H24N4O4S/c1-12-5-6-14(28-12)20(27)24-9-7-23(8-10-24)11-16(25)22-19-17(18(21)26)13-3-2-4-15(13)29-19/h5-6H,2-4,7-11H2,1H3,(H2,21,26)(H,22,25). The summed E-state index contributed by atoms with van der Waals surface area (Å²) in [7, 11) is 0. The van der Waals surface area contributed by atoms with Gasteiger partial charge in [0, 0.05) is 31.1 Å². The summed E-state index contributed by atoms with van der Waals surface area (Å²) >= 11 is 1.46. The monoisotopic (exact) mass is 416 g/mol. The lowest BCUT2D eigenvalue weighted by molar-refractivity contribution is -0.117. The third-order valence-corrected chi connectivity index (χ3v) is 6.61. The largest absolute Gasteiger partial charge is 0.456 e. The van der Waals surface area contributed by atoms with E-state index in [1.807, 2.05) is 4.90 Å². The van der Waals surface area contributed by atoms with E-state index in [1.54, 1.807) is 24.0 Å². The highest BCUT2D eigenvalue weighted by atomic mass is 32.1. The molecule has 29 heavy (non-hydrogen) atoms. The number of fused-ring (bicyclic) bond motifs is 1. The Hall–Kier alpha value is -2.65. The predicted molar refractivity (Wildman–Crippen MR) is 109 cm³/mol. The van der Waals surface area contributed by atoms with Crippen molar-refractivity contribution >= 4 is 34.1 Å². The van der Waals surface area contributed by atoms with Crippen LogP contribution in [0.1, 0.15) is 43.5 Å². The third kappa shape index (κ3) is 4.06. The molecule has 154 valence electrons. The molecule has 0 saturated carbocycles. The second-order valence-electron chi connectivity index (χ2n) is 7.45. The molecule has 4 rings (SSSR count). The molecule has 1 aliphatic heterocycles. The molecule has 2 aromatic rings. The average Bonchev–Trinajstić information content (AvgIpc) is 3.37. The predicted octanol–water partition coefficient (Wildman–Crippen LogP) is 1.63. The highest BCUT2D eigenvalue weighted by Crippen LogP contribution is 2.38. The number of piperazine rings is 1. The van der Waals surface area contributed by atoms with E-state index < -0.39 is 5.91 Å². The zero-order valence-electron chi connectivity index (χ0n) is 16.3. The van der Waals surface area contributed by atoms with Gasteiger partial charge in [0.05, 0.1) is 12.1 Å². The molecule has 0 bridgehead atoms. The molecule has 0 radical (unpaired) electrons. The van der Waals surface area contributed by atoms with Gasteiger partial charge >= 0.3 is 0 Å². The number of nitrogens with two attached hydrogens (primary N) is 1. The Balaban J connectivity index is 1.32. The first-order valence-corrected chi connectivity index (χ1v) is 10.6. The normalized spacial score (nSPS) is 16.7. The van der Waals surface area contributed by atoms with Crippen molar-refractivity contribution in [1.82, 2.24) is 9.80 Å². The summed E-state index contributed by atoms with van der Waals surface area (Å²) < 4.78 is 5.41. The van der Waals surface area contributed by atoms with E-state index in [4.69, 9.17) is 10.2 Å². The van der Waals surface area contributed by atoms with Crippen molar-refractivity contribution in [2.75, 3.05) is 38.0 Å². The number of aryl methyl sites for hydroxylation is 2. The number of nitrogens with one attached hydrogen (secondary N) is 1. The number of rotatable bonds is 5. The summed E-state index contributed by atoms with van der Waals surface area (Å²) in [6, 6.07) is 3.46. The minimum atomic E-state index is -0.486. The van der Waals surface area contributed by atoms with Crippen molar-refractivity contribution < 1.29 is 18.8 Å². The maximum Gasteiger partial charge on any atom is 0.289 e. The van der Waals surface area contributed by atoms with Crippen LogP contribution in [0.3, 0.4) is 0 Å². The fourth-order valence-corrected chi connectivity index (χ4v) is 5.25. The second kappa shape index (κ2) is 8.00. The quantitative estimate of drug-likeness (QED) is 0.770. The molecule has 2 aromatic heterocycles. The number of primary amides is 1. The Morgan fingerprint density at radius 1 is 1.17 bits per heavy atom. The molecule has 0 aromatic carbocycles. The number of amides is 3. The highest BCUT2D eigenvalue weighted by molar-refractivity contribution is 7.17. The molecule has 1 saturated heterocycles. The van der Waals surface area contributed by atoms with Crippen LogP contribution in [-0.4, -0.2) is 60.2 Å². The lowest BCUT2D eigenvalue weighted by atomic mass is 10.1. The molecule has 1 aliphatic carbocycles. The minimum absolute atomic E-state index is 0.124. The van der Waals surface area contributed by atoms with Crippen molar-refractivity contribution in [3.05, 3.63) is 39.7 Å². The van der Waals surface area contributed by atoms with Gasteiger partial charge in [-0.15, -0.1) is 11.3 Å². The molecule has 0 unspecified atom stereocenters. The van der Waals surface area contributed by atoms with E-state index in [1.165, 1.54) is 11.3 Å². The maximum atomic E-state index is 12.5. The molecule has 8 nitrogen and oxygen atoms in total. The molecule has 9 heteroatoms. The molecule has 0 spiro atoms. The van der Waals surface area contributed by atoms with Crippen LogP contribution in [0.25, 0.3) is 0 Å². The summed E-state index contributed by atoms with van der Waals surface area (Å²) in [5, 5.41) is 3.44. The Morgan fingerprint density at radius 2 is 1.93 bits per heavy atom. The first kappa shape index (κ1) is 19.7. The van der Waals surface area contributed by atoms with E-state index in [9.17, 15) is 14.4 Å². The Kier molecular flexibility index (Phi) is 5.42. The molecule has 3 heterocycles. The number of thiophene rings is 1. The molecule has 3 N–H and O–H groups in total. The number of carbonyl (C=O) groups excluding carboxylic acids is 3. The Bertz CT molecular complexity index is 956. The van der Waals surface area contributed by atoms with Crippen LogP contribution in [0.2, 0.25) is 0 Å². The molecule has 3 amide bonds. The fourth-order valence-electron chi connectivity index (χ4n) is 3.94. The Labute approximate surface area is 172 Å². The molecule has 2 aliphatic rings. The topological polar surface area (TPSA) is 109 Å². The molecule has 1 fully saturated rings. The van der Waals surface area contributed by atoms with Gasteiger partial charge in [-0.05, 0) is 43.9 Å². The van der Waals surface area contributed by atoms with Crippen LogP contribution < -0.4 is 11.1 Å². The van der Waals surface area contributed by atoms with Crippen LogP contribution in [0, 0.1) is 6.92 Å². The van der Waals surface area contributed by atoms with Gasteiger partial charge in [0.1, 0.15) is 10.8 Å². The van der Waals surface area contributed by atoms with E-state index in [0.717, 1.165) is 29.7 Å². The lowest BCUT2D eigenvalue weighted by Crippen LogP contribution is -2.50. The summed E-state index contributed by atoms with van der Waals surface area (Å²) in [5.74, 6) is 0.271. The maximum absolute atomic E-state index is 12.5. The highest BCUT2D eigenvalue weighted by Gasteiger charge is 2.28. The first-order valence-electron chi connectivity index (χ1n) is 9.74. The van der Waals surface area contributed by atoms with Crippen LogP contribution >= 0.6 is 11.3 Å². The van der Waals surface area contributed by atoms with Gasteiger partial charge in [-0.25, -0.2) is 0 Å². The van der Waals surface area contributed by atoms with E-state index in [0.29, 0.717) is 48.3 Å². The van der Waals surface area contributed by atoms with E-state index >= 15 is 0 Å². The first-order chi connectivity index (χ1) is 13.9. The zero-order valence-corrected chi connectivity index (χ0v) is 17.1. The van der Waals surface area contributed by atoms with Crippen LogP contribution in [0.15, 0.2) is 16.5 Å². The zero-order chi connectivity index (χ0) is 20.5. The van der Waals surface area contributed by atoms with Crippen molar-refractivity contribution in [2.45, 2.75) is 26.2 Å². The second-order valence-corrected chi connectivity index (χ2v) is 8.56. The van der Waals surface area contributed by atoms with Crippen LogP contribution in [0.5, 0.6) is 0 Å². The number of hydrogen-bond donors (Lipinski definition) is 2. The number of nitrogens with zero attached hydrogens (tertiary/aromatic N) is 2. The summed E-state index contributed by atoms with van der Waals surface area (Å²) in [4.78, 5) is 41.7. The van der Waals surface area contributed by atoms with Gasteiger partial charge in [-0.3, -0.25) is 19.3 Å². The van der Waals surface area contributed by atoms with Gasteiger partial charge in [0.25, 0.3) is 11.8 Å². The number of carbonyl (C=O) groups is 3.